The number of hydrogen-bond acceptors (Lipinski definition) is 3. The molecule has 2 aromatic rings. The predicted octanol–water partition coefficient (Wildman–Crippen LogP) is 5.18. The van der Waals surface area contributed by atoms with E-state index in [1.807, 2.05) is 11.0 Å². The van der Waals surface area contributed by atoms with Gasteiger partial charge in [-0.15, -0.1) is 0 Å². The van der Waals surface area contributed by atoms with Crippen molar-refractivity contribution in [1.29, 1.82) is 0 Å². The molecule has 0 bridgehead atoms. The topological polar surface area (TPSA) is 52.7 Å². The summed E-state index contributed by atoms with van der Waals surface area (Å²) in [5.74, 6) is -0.383. The van der Waals surface area contributed by atoms with E-state index in [0.717, 1.165) is 18.4 Å². The molecule has 0 radical (unpaired) electrons. The van der Waals surface area contributed by atoms with Crippen molar-refractivity contribution in [2.75, 3.05) is 11.9 Å². The van der Waals surface area contributed by atoms with Crippen molar-refractivity contribution < 1.29 is 9.59 Å². The van der Waals surface area contributed by atoms with Crippen LogP contribution in [-0.2, 0) is 16.0 Å². The summed E-state index contributed by atoms with van der Waals surface area (Å²) in [6.07, 6.45) is 2.45. The van der Waals surface area contributed by atoms with Gasteiger partial charge in [-0.3, -0.25) is 14.5 Å². The van der Waals surface area contributed by atoms with Gasteiger partial charge >= 0.3 is 0 Å². The van der Waals surface area contributed by atoms with Gasteiger partial charge in [0.25, 0.3) is 5.91 Å². The highest BCUT2D eigenvalue weighted by Gasteiger charge is 2.48. The van der Waals surface area contributed by atoms with Crippen molar-refractivity contribution in [3.05, 3.63) is 63.1 Å². The van der Waals surface area contributed by atoms with Crippen LogP contribution in [-0.4, -0.2) is 45.4 Å². The number of rotatable bonds is 7. The molecule has 1 aliphatic heterocycles. The minimum Gasteiger partial charge on any atom is -0.336 e. The number of carbonyl (C=O) groups is 2. The lowest BCUT2D eigenvalue weighted by Crippen LogP contribution is -2.39. The van der Waals surface area contributed by atoms with Gasteiger partial charge in [0.05, 0.1) is 6.42 Å². The van der Waals surface area contributed by atoms with E-state index in [1.54, 1.807) is 41.3 Å². The van der Waals surface area contributed by atoms with Crippen molar-refractivity contribution in [3.8, 4) is 0 Å². The van der Waals surface area contributed by atoms with Gasteiger partial charge in [0.1, 0.15) is 6.04 Å². The maximum atomic E-state index is 13.1. The van der Waals surface area contributed by atoms with Crippen molar-refractivity contribution in [2.24, 2.45) is 0 Å². The first-order chi connectivity index (χ1) is 14.8. The lowest BCUT2D eigenvalue weighted by atomic mass is 10.1. The van der Waals surface area contributed by atoms with Gasteiger partial charge in [-0.2, -0.15) is 0 Å². The van der Waals surface area contributed by atoms with Gasteiger partial charge in [-0.05, 0) is 67.4 Å². The lowest BCUT2D eigenvalue weighted by Gasteiger charge is -2.24. The maximum absolute atomic E-state index is 13.1. The summed E-state index contributed by atoms with van der Waals surface area (Å²) in [6.45, 7) is 0.476. The summed E-state index contributed by atoms with van der Waals surface area (Å²) in [4.78, 5) is 29.4. The number of benzene rings is 2. The van der Waals surface area contributed by atoms with Crippen LogP contribution in [0.5, 0.6) is 0 Å². The molecule has 0 spiro atoms. The summed E-state index contributed by atoms with van der Waals surface area (Å²) in [6, 6.07) is 11.7. The van der Waals surface area contributed by atoms with Crippen LogP contribution in [0.3, 0.4) is 0 Å². The van der Waals surface area contributed by atoms with Crippen LogP contribution >= 0.6 is 47.0 Å². The molecule has 1 N–H and O–H groups in total. The fourth-order valence-electron chi connectivity index (χ4n) is 3.70. The summed E-state index contributed by atoms with van der Waals surface area (Å²) in [5.41, 5.74) is 1.50. The molecule has 1 atom stereocenters. The van der Waals surface area contributed by atoms with E-state index in [-0.39, 0.29) is 24.3 Å². The molecule has 2 amide bonds. The highest BCUT2D eigenvalue weighted by atomic mass is 35.5. The Balaban J connectivity index is 1.49. The van der Waals surface area contributed by atoms with Gasteiger partial charge in [0.15, 0.2) is 5.11 Å². The van der Waals surface area contributed by atoms with Crippen LogP contribution in [0, 0.1) is 0 Å². The number of nitrogens with zero attached hydrogens (tertiary/aromatic N) is 2. The maximum Gasteiger partial charge on any atom is 0.252 e. The summed E-state index contributed by atoms with van der Waals surface area (Å²) < 4.78 is 0. The Hall–Kier alpha value is -1.86. The summed E-state index contributed by atoms with van der Waals surface area (Å²) >= 11 is 23.9. The van der Waals surface area contributed by atoms with Gasteiger partial charge in [-0.25, -0.2) is 0 Å². The lowest BCUT2D eigenvalue weighted by molar-refractivity contribution is -0.131. The predicted molar refractivity (Wildman–Crippen MR) is 128 cm³/mol. The molecule has 4 rings (SSSR count). The number of anilines is 1. The third-order valence-corrected chi connectivity index (χ3v) is 6.64. The van der Waals surface area contributed by atoms with E-state index >= 15 is 0 Å². The summed E-state index contributed by atoms with van der Waals surface area (Å²) in [7, 11) is 0. The zero-order chi connectivity index (χ0) is 22.1. The standard InChI is InChI=1S/C22H20Cl3N3O2S/c23-14-2-1-3-16(10-14)26-20(29)12-19-21(30)28(17-6-7-17)22(31)27(19)9-8-13-4-5-15(24)11-18(13)25/h1-5,10-11,17,19H,6-9,12H2,(H,26,29). The Morgan fingerprint density at radius 3 is 2.52 bits per heavy atom. The average Bonchev–Trinajstić information content (AvgIpc) is 3.50. The molecule has 1 saturated carbocycles. The minimum atomic E-state index is -0.640. The first-order valence-corrected chi connectivity index (χ1v) is 11.5. The number of carbonyl (C=O) groups excluding carboxylic acids is 2. The number of nitrogens with one attached hydrogen (secondary N) is 1. The molecule has 1 unspecified atom stereocenters. The van der Waals surface area contributed by atoms with Gasteiger partial charge in [-0.1, -0.05) is 46.9 Å². The molecule has 1 aliphatic carbocycles. The van der Waals surface area contributed by atoms with Gasteiger partial charge in [0, 0.05) is 33.3 Å². The molecule has 1 heterocycles. The van der Waals surface area contributed by atoms with E-state index in [0.29, 0.717) is 38.8 Å². The van der Waals surface area contributed by atoms with Crippen molar-refractivity contribution in [1.82, 2.24) is 9.80 Å². The summed E-state index contributed by atoms with van der Waals surface area (Å²) in [5, 5.41) is 4.96. The zero-order valence-electron chi connectivity index (χ0n) is 16.5. The average molecular weight is 497 g/mol. The van der Waals surface area contributed by atoms with Crippen LogP contribution in [0.4, 0.5) is 5.69 Å². The molecule has 31 heavy (non-hydrogen) atoms. The Kier molecular flexibility index (Phi) is 6.72. The molecule has 0 aromatic heterocycles. The Morgan fingerprint density at radius 1 is 1.10 bits per heavy atom. The quantitative estimate of drug-likeness (QED) is 0.537. The van der Waals surface area contributed by atoms with E-state index in [9.17, 15) is 9.59 Å². The first-order valence-electron chi connectivity index (χ1n) is 9.96. The Morgan fingerprint density at radius 2 is 1.84 bits per heavy atom. The van der Waals surface area contributed by atoms with E-state index in [1.165, 1.54) is 0 Å². The third-order valence-electron chi connectivity index (χ3n) is 5.39. The molecule has 5 nitrogen and oxygen atoms in total. The first kappa shape index (κ1) is 22.3. The second kappa shape index (κ2) is 9.33. The van der Waals surface area contributed by atoms with Crippen LogP contribution in [0.25, 0.3) is 0 Å². The number of hydrogen-bond donors (Lipinski definition) is 1. The molecule has 2 fully saturated rings. The molecule has 9 heteroatoms. The zero-order valence-corrected chi connectivity index (χ0v) is 19.6. The third kappa shape index (κ3) is 5.14. The van der Waals surface area contributed by atoms with Crippen molar-refractivity contribution >= 4 is 69.6 Å². The van der Waals surface area contributed by atoms with Crippen LogP contribution in [0.1, 0.15) is 24.8 Å². The van der Waals surface area contributed by atoms with Crippen LogP contribution < -0.4 is 5.32 Å². The number of thiocarbonyl (C=S) groups is 1. The normalized spacial score (nSPS) is 18.6. The van der Waals surface area contributed by atoms with Gasteiger partial charge < -0.3 is 10.2 Å². The highest BCUT2D eigenvalue weighted by molar-refractivity contribution is 7.80. The fraction of sp³-hybridized carbons (Fsp3) is 0.318. The van der Waals surface area contributed by atoms with Gasteiger partial charge in [0.2, 0.25) is 5.91 Å². The fourth-order valence-corrected chi connectivity index (χ4v) is 4.85. The monoisotopic (exact) mass is 495 g/mol. The van der Waals surface area contributed by atoms with E-state index in [2.05, 4.69) is 5.32 Å². The number of amides is 2. The van der Waals surface area contributed by atoms with E-state index in [4.69, 9.17) is 47.0 Å². The largest absolute Gasteiger partial charge is 0.336 e. The SMILES string of the molecule is O=C(CC1C(=O)N(C2CC2)C(=S)N1CCc1ccc(Cl)cc1Cl)Nc1cccc(Cl)c1. The molecular weight excluding hydrogens is 477 g/mol. The second-order valence-corrected chi connectivity index (χ2v) is 9.32. The van der Waals surface area contributed by atoms with Crippen LogP contribution in [0.2, 0.25) is 15.1 Å². The highest BCUT2D eigenvalue weighted by Crippen LogP contribution is 2.34. The molecule has 2 aromatic carbocycles. The van der Waals surface area contributed by atoms with Crippen LogP contribution in [0.15, 0.2) is 42.5 Å². The van der Waals surface area contributed by atoms with Crippen molar-refractivity contribution in [3.63, 3.8) is 0 Å². The Bertz CT molecular complexity index is 1040. The van der Waals surface area contributed by atoms with E-state index < -0.39 is 6.04 Å². The second-order valence-electron chi connectivity index (χ2n) is 7.68. The molecule has 162 valence electrons. The smallest absolute Gasteiger partial charge is 0.252 e. The Labute approximate surface area is 201 Å². The van der Waals surface area contributed by atoms with Crippen molar-refractivity contribution in [2.45, 2.75) is 37.8 Å². The minimum absolute atomic E-state index is 0.00303. The number of halogens is 3. The molecule has 2 aliphatic rings. The molecule has 1 saturated heterocycles. The molecular formula is C22H20Cl3N3O2S.